The summed E-state index contributed by atoms with van der Waals surface area (Å²) in [6, 6.07) is 8.48. The minimum Gasteiger partial charge on any atom is -0.459 e. The Balaban J connectivity index is 1.95. The molecule has 0 bridgehead atoms. The van der Waals surface area contributed by atoms with Gasteiger partial charge < -0.3 is 38.3 Å². The summed E-state index contributed by atoms with van der Waals surface area (Å²) >= 11 is 0. The lowest BCUT2D eigenvalue weighted by molar-refractivity contribution is -0.465. The summed E-state index contributed by atoms with van der Waals surface area (Å²) in [7, 11) is 0.514. The van der Waals surface area contributed by atoms with Crippen molar-refractivity contribution in [2.45, 2.75) is 101 Å². The molecular formula is C26H42O9Si. The van der Waals surface area contributed by atoms with Gasteiger partial charge in [-0.2, -0.15) is 0 Å². The van der Waals surface area contributed by atoms with E-state index in [0.29, 0.717) is 5.56 Å². The van der Waals surface area contributed by atoms with Gasteiger partial charge >= 0.3 is 5.97 Å². The molecular weight excluding hydrogens is 484 g/mol. The molecule has 0 radical (unpaired) electrons. The molecule has 0 unspecified atom stereocenters. The van der Waals surface area contributed by atoms with E-state index >= 15 is 0 Å². The van der Waals surface area contributed by atoms with E-state index in [4.69, 9.17) is 28.1 Å². The molecule has 1 heterocycles. The number of aliphatic hydroxyl groups excluding tert-OH is 1. The molecule has 7 atom stereocenters. The van der Waals surface area contributed by atoms with Gasteiger partial charge in [-0.1, -0.05) is 39.0 Å². The topological polar surface area (TPSA) is 113 Å². The van der Waals surface area contributed by atoms with Crippen molar-refractivity contribution in [3.8, 4) is 0 Å². The van der Waals surface area contributed by atoms with Gasteiger partial charge in [0.25, 0.3) is 0 Å². The van der Waals surface area contributed by atoms with E-state index in [1.807, 2.05) is 0 Å². The van der Waals surface area contributed by atoms with Crippen molar-refractivity contribution >= 4 is 14.3 Å². The summed E-state index contributed by atoms with van der Waals surface area (Å²) in [6.45, 7) is 13.3. The number of fused-ring (bicyclic) bond motifs is 1. The van der Waals surface area contributed by atoms with Gasteiger partial charge in [-0.05, 0) is 44.1 Å². The van der Waals surface area contributed by atoms with E-state index in [0.717, 1.165) is 0 Å². The number of hydrogen-bond donors (Lipinski definition) is 2. The smallest absolute Gasteiger partial charge is 0.338 e. The number of ether oxygens (including phenoxy) is 5. The molecule has 9 nitrogen and oxygen atoms in total. The van der Waals surface area contributed by atoms with Crippen LogP contribution >= 0.6 is 0 Å². The predicted molar refractivity (Wildman–Crippen MR) is 135 cm³/mol. The van der Waals surface area contributed by atoms with Gasteiger partial charge in [0.15, 0.2) is 8.32 Å². The maximum Gasteiger partial charge on any atom is 0.338 e. The molecule has 1 aromatic carbocycles. The first-order valence-electron chi connectivity index (χ1n) is 12.3. The molecule has 0 spiro atoms. The Morgan fingerprint density at radius 2 is 1.64 bits per heavy atom. The number of rotatable bonds is 7. The van der Waals surface area contributed by atoms with Gasteiger partial charge in [0, 0.05) is 20.6 Å². The van der Waals surface area contributed by atoms with Gasteiger partial charge in [-0.15, -0.1) is 0 Å². The molecule has 3 rings (SSSR count). The normalized spacial score (nSPS) is 37.3. The molecule has 36 heavy (non-hydrogen) atoms. The monoisotopic (exact) mass is 526 g/mol. The van der Waals surface area contributed by atoms with Crippen molar-refractivity contribution in [2.24, 2.45) is 0 Å². The fourth-order valence-corrected chi connectivity index (χ4v) is 5.70. The van der Waals surface area contributed by atoms with Gasteiger partial charge in [-0.3, -0.25) is 0 Å². The molecule has 1 aromatic rings. The van der Waals surface area contributed by atoms with Crippen LogP contribution in [0.5, 0.6) is 0 Å². The summed E-state index contributed by atoms with van der Waals surface area (Å²) in [5.41, 5.74) is -1.50. The largest absolute Gasteiger partial charge is 0.459 e. The third kappa shape index (κ3) is 5.28. The molecule has 1 aliphatic heterocycles. The van der Waals surface area contributed by atoms with Crippen LogP contribution in [0.25, 0.3) is 0 Å². The second-order valence-corrected chi connectivity index (χ2v) is 16.3. The Morgan fingerprint density at radius 3 is 2.17 bits per heavy atom. The zero-order valence-electron chi connectivity index (χ0n) is 22.9. The average Bonchev–Trinajstić information content (AvgIpc) is 2.82. The summed E-state index contributed by atoms with van der Waals surface area (Å²) in [5.74, 6) is -3.23. The summed E-state index contributed by atoms with van der Waals surface area (Å²) in [5, 5.41) is 23.0. The van der Waals surface area contributed by atoms with E-state index < -0.39 is 62.5 Å². The lowest BCUT2D eigenvalue weighted by atomic mass is 9.76. The lowest BCUT2D eigenvalue weighted by Gasteiger charge is -2.59. The second-order valence-electron chi connectivity index (χ2n) is 11.6. The van der Waals surface area contributed by atoms with Crippen molar-refractivity contribution in [3.63, 3.8) is 0 Å². The number of carbonyl (C=O) groups excluding carboxylic acids is 1. The van der Waals surface area contributed by atoms with Crippen LogP contribution < -0.4 is 0 Å². The number of esters is 1. The second kappa shape index (κ2) is 10.1. The first-order chi connectivity index (χ1) is 16.5. The molecule has 204 valence electrons. The molecule has 1 saturated carbocycles. The van der Waals surface area contributed by atoms with Gasteiger partial charge in [-0.25, -0.2) is 4.79 Å². The number of carbonyl (C=O) groups is 1. The highest BCUT2D eigenvalue weighted by Crippen LogP contribution is 2.48. The lowest BCUT2D eigenvalue weighted by Crippen LogP contribution is -2.75. The minimum absolute atomic E-state index is 0.0724. The van der Waals surface area contributed by atoms with Crippen LogP contribution in [0, 0.1) is 0 Å². The molecule has 2 N–H and O–H groups in total. The van der Waals surface area contributed by atoms with E-state index in [1.54, 1.807) is 44.2 Å². The first-order valence-corrected chi connectivity index (χ1v) is 15.2. The molecule has 10 heteroatoms. The Bertz CT molecular complexity index is 920. The Labute approximate surface area is 215 Å². The van der Waals surface area contributed by atoms with E-state index in [-0.39, 0.29) is 11.5 Å². The fourth-order valence-electron chi connectivity index (χ4n) is 4.40. The third-order valence-corrected chi connectivity index (χ3v) is 12.6. The minimum atomic E-state index is -2.46. The Morgan fingerprint density at radius 1 is 1.08 bits per heavy atom. The molecule has 1 saturated heterocycles. The Hall–Kier alpha value is -1.37. The number of methoxy groups -OCH3 is 2. The van der Waals surface area contributed by atoms with Crippen LogP contribution in [0.15, 0.2) is 30.3 Å². The molecule has 2 aliphatic rings. The van der Waals surface area contributed by atoms with Crippen LogP contribution in [-0.4, -0.2) is 86.9 Å². The van der Waals surface area contributed by atoms with Crippen molar-refractivity contribution in [1.29, 1.82) is 0 Å². The number of hydrogen-bond acceptors (Lipinski definition) is 9. The van der Waals surface area contributed by atoms with Crippen molar-refractivity contribution in [3.05, 3.63) is 35.9 Å². The van der Waals surface area contributed by atoms with Crippen LogP contribution in [0.3, 0.4) is 0 Å². The van der Waals surface area contributed by atoms with Gasteiger partial charge in [0.2, 0.25) is 11.6 Å². The molecule has 0 aromatic heterocycles. The summed E-state index contributed by atoms with van der Waals surface area (Å²) in [4.78, 5) is 12.6. The summed E-state index contributed by atoms with van der Waals surface area (Å²) < 4.78 is 36.2. The van der Waals surface area contributed by atoms with Crippen molar-refractivity contribution in [1.82, 2.24) is 0 Å². The maximum absolute atomic E-state index is 12.6. The quantitative estimate of drug-likeness (QED) is 0.408. The standard InChI is InChI=1S/C26H42O9Si/c1-23(2,3)36(8,9)35-20-19-18(33-24(4,30-6)25(5,31-7)34-19)15-26(29,21(20)27)16-32-22(28)17-13-11-10-12-14-17/h10-14,18-21,27,29H,15-16H2,1-9H3/t18-,19+,20+,21-,24+,25+,26-/m1/s1. The van der Waals surface area contributed by atoms with Crippen LogP contribution in [0.4, 0.5) is 0 Å². The van der Waals surface area contributed by atoms with Crippen molar-refractivity contribution in [2.75, 3.05) is 20.8 Å². The van der Waals surface area contributed by atoms with Crippen molar-refractivity contribution < 1.29 is 43.1 Å². The molecule has 0 amide bonds. The zero-order valence-corrected chi connectivity index (χ0v) is 23.9. The van der Waals surface area contributed by atoms with E-state index in [2.05, 4.69) is 33.9 Å². The zero-order chi connectivity index (χ0) is 27.2. The molecule has 1 aliphatic carbocycles. The molecule has 2 fully saturated rings. The van der Waals surface area contributed by atoms with E-state index in [1.165, 1.54) is 14.2 Å². The number of aliphatic hydroxyl groups is 2. The fraction of sp³-hybridized carbons (Fsp3) is 0.731. The van der Waals surface area contributed by atoms with Crippen LogP contribution in [-0.2, 0) is 28.1 Å². The first kappa shape index (κ1) is 29.2. The number of benzene rings is 1. The maximum atomic E-state index is 12.6. The predicted octanol–water partition coefficient (Wildman–Crippen LogP) is 3.24. The highest BCUT2D eigenvalue weighted by molar-refractivity contribution is 6.74. The SMILES string of the molecule is CO[C@@]1(C)O[C@@H]2[C@H](O[Si](C)(C)C(C)(C)C)[C@@H](O)[C@](O)(COC(=O)c3ccccc3)C[C@H]2O[C@]1(C)OC. The summed E-state index contributed by atoms with van der Waals surface area (Å²) in [6.07, 6.45) is -3.98. The average molecular weight is 527 g/mol. The van der Waals surface area contributed by atoms with Gasteiger partial charge in [0.1, 0.15) is 30.5 Å². The third-order valence-electron chi connectivity index (χ3n) is 8.15. The van der Waals surface area contributed by atoms with E-state index in [9.17, 15) is 15.0 Å². The Kier molecular flexibility index (Phi) is 8.16. The highest BCUT2D eigenvalue weighted by atomic mass is 28.4. The highest BCUT2D eigenvalue weighted by Gasteiger charge is 2.65. The van der Waals surface area contributed by atoms with Crippen LogP contribution in [0.2, 0.25) is 18.1 Å². The van der Waals surface area contributed by atoms with Gasteiger partial charge in [0.05, 0.1) is 11.7 Å². The van der Waals surface area contributed by atoms with Crippen LogP contribution in [0.1, 0.15) is 51.4 Å².